The van der Waals surface area contributed by atoms with Crippen LogP contribution in [-0.2, 0) is 0 Å². The minimum absolute atomic E-state index is 0.0465. The Balaban J connectivity index is 1.79. The van der Waals surface area contributed by atoms with Crippen LogP contribution in [0, 0.1) is 11.3 Å². The molecule has 1 heterocycles. The molecule has 1 unspecified atom stereocenters. The number of nitrogens with zero attached hydrogens (tertiary/aromatic N) is 6. The predicted octanol–water partition coefficient (Wildman–Crippen LogP) is 5.61. The first-order chi connectivity index (χ1) is 19.8. The van der Waals surface area contributed by atoms with Crippen molar-refractivity contribution >= 4 is 53.1 Å². The van der Waals surface area contributed by atoms with Crippen molar-refractivity contribution in [3.63, 3.8) is 0 Å². The van der Waals surface area contributed by atoms with E-state index in [0.29, 0.717) is 22.9 Å². The average molecular weight is 566 g/mol. The van der Waals surface area contributed by atoms with E-state index in [1.807, 2.05) is 110 Å². The number of nitrogen functional groups attached to an aromatic ring is 1. The van der Waals surface area contributed by atoms with Crippen LogP contribution in [-0.4, -0.2) is 53.6 Å². The first kappa shape index (κ1) is 29.1. The van der Waals surface area contributed by atoms with E-state index in [1.165, 1.54) is 18.3 Å². The molecule has 0 aliphatic rings. The lowest BCUT2D eigenvalue weighted by Gasteiger charge is -2.27. The number of nitriles is 1. The summed E-state index contributed by atoms with van der Waals surface area (Å²) in [6.07, 6.45) is 2.21. The Hall–Kier alpha value is -4.92. The number of nitrogens with one attached hydrogen (secondary N) is 2. The van der Waals surface area contributed by atoms with Crippen LogP contribution in [0.25, 0.3) is 11.1 Å². The lowest BCUT2D eigenvalue weighted by molar-refractivity contribution is 0.112. The van der Waals surface area contributed by atoms with E-state index in [4.69, 9.17) is 10.7 Å². The van der Waals surface area contributed by atoms with E-state index in [2.05, 4.69) is 26.1 Å². The Kier molecular flexibility index (Phi) is 9.52. The number of aliphatic imine (C=N–C) groups is 1. The summed E-state index contributed by atoms with van der Waals surface area (Å²) in [4.78, 5) is 27.6. The molecular weight excluding hydrogens is 534 g/mol. The highest BCUT2D eigenvalue weighted by atomic mass is 32.2. The van der Waals surface area contributed by atoms with Crippen LogP contribution in [0.15, 0.2) is 84.0 Å². The normalized spacial score (nSPS) is 12.0. The smallest absolute Gasteiger partial charge is 0.222 e. The molecule has 0 saturated carbocycles. The summed E-state index contributed by atoms with van der Waals surface area (Å²) in [5.41, 5.74) is 10.5. The Morgan fingerprint density at radius 1 is 1.10 bits per heavy atom. The summed E-state index contributed by atoms with van der Waals surface area (Å²) in [5, 5.41) is 12.8. The van der Waals surface area contributed by atoms with Crippen LogP contribution in [0.2, 0.25) is 0 Å². The Bertz CT molecular complexity index is 1580. The number of para-hydroxylation sites is 1. The molecule has 41 heavy (non-hydrogen) atoms. The molecule has 0 aliphatic heterocycles. The first-order valence-corrected chi connectivity index (χ1v) is 13.5. The number of carbonyl (C=O) groups is 1. The van der Waals surface area contributed by atoms with E-state index >= 15 is 0 Å². The van der Waals surface area contributed by atoms with Crippen molar-refractivity contribution in [2.24, 2.45) is 4.99 Å². The summed E-state index contributed by atoms with van der Waals surface area (Å²) in [7, 11) is 5.80. The SMILES string of the molecule is CC(Nc1nc(N)ncc1C#N)C(=Nc1cccc(-c2cccc(NSN(C)C)c2)c1C=O)N(C)c1ccccc1. The highest BCUT2D eigenvalue weighted by Gasteiger charge is 2.21. The molecule has 0 radical (unpaired) electrons. The van der Waals surface area contributed by atoms with Gasteiger partial charge in [0, 0.05) is 36.1 Å². The topological polar surface area (TPSA) is 136 Å². The summed E-state index contributed by atoms with van der Waals surface area (Å²) >= 11 is 1.46. The van der Waals surface area contributed by atoms with Gasteiger partial charge in [0.25, 0.3) is 0 Å². The quantitative estimate of drug-likeness (QED) is 0.0963. The second kappa shape index (κ2) is 13.4. The molecule has 1 atom stereocenters. The number of likely N-dealkylation sites (N-methyl/N-ethyl adjacent to an activating group) is 1. The summed E-state index contributed by atoms with van der Waals surface area (Å²) in [6, 6.07) is 24.9. The Labute approximate surface area is 244 Å². The van der Waals surface area contributed by atoms with Crippen LogP contribution >= 0.6 is 12.1 Å². The molecule has 4 aromatic rings. The zero-order chi connectivity index (χ0) is 29.4. The van der Waals surface area contributed by atoms with Crippen LogP contribution in [0.5, 0.6) is 0 Å². The number of carbonyl (C=O) groups excluding carboxylic acids is 1. The van der Waals surface area contributed by atoms with E-state index in [1.54, 1.807) is 0 Å². The van der Waals surface area contributed by atoms with Crippen molar-refractivity contribution in [1.29, 1.82) is 5.26 Å². The number of amidine groups is 1. The molecule has 0 bridgehead atoms. The molecular formula is C30H31N9OS. The second-order valence-electron chi connectivity index (χ2n) is 9.28. The standard InChI is InChI=1S/C30H31N9OS/c1-20(34-28-22(17-31)18-33-30(32)36-28)29(39(4)24-12-6-5-7-13-24)35-27-15-9-14-25(26(27)19-40)21-10-8-11-23(16-21)37-41-38(2)3/h5-16,18-20,37H,1-4H3,(H3,32,33,34,36). The van der Waals surface area contributed by atoms with Gasteiger partial charge in [-0.15, -0.1) is 0 Å². The van der Waals surface area contributed by atoms with Gasteiger partial charge in [-0.3, -0.25) is 4.79 Å². The molecule has 0 amide bonds. The van der Waals surface area contributed by atoms with Gasteiger partial charge in [0.15, 0.2) is 6.29 Å². The van der Waals surface area contributed by atoms with Crippen LogP contribution in [0.1, 0.15) is 22.8 Å². The maximum absolute atomic E-state index is 12.5. The number of hydrogen-bond donors (Lipinski definition) is 3. The summed E-state index contributed by atoms with van der Waals surface area (Å²) in [5.74, 6) is 0.937. The number of rotatable bonds is 10. The number of nitrogens with two attached hydrogens (primary N) is 1. The van der Waals surface area contributed by atoms with Crippen LogP contribution < -0.4 is 20.7 Å². The second-order valence-corrected chi connectivity index (χ2v) is 10.4. The Morgan fingerprint density at radius 3 is 2.56 bits per heavy atom. The fraction of sp³-hybridized carbons (Fsp3) is 0.167. The molecule has 3 aromatic carbocycles. The summed E-state index contributed by atoms with van der Waals surface area (Å²) in [6.45, 7) is 1.90. The van der Waals surface area contributed by atoms with Crippen molar-refractivity contribution in [2.45, 2.75) is 13.0 Å². The molecule has 4 rings (SSSR count). The number of aromatic nitrogens is 2. The number of anilines is 4. The van der Waals surface area contributed by atoms with Gasteiger partial charge in [0.2, 0.25) is 5.95 Å². The third-order valence-corrected chi connectivity index (χ3v) is 6.80. The predicted molar refractivity (Wildman–Crippen MR) is 168 cm³/mol. The lowest BCUT2D eigenvalue weighted by Crippen LogP contribution is -2.39. The average Bonchev–Trinajstić information content (AvgIpc) is 2.99. The zero-order valence-electron chi connectivity index (χ0n) is 23.2. The van der Waals surface area contributed by atoms with E-state index < -0.39 is 6.04 Å². The number of hydrogen-bond acceptors (Lipinski definition) is 10. The monoisotopic (exact) mass is 565 g/mol. The van der Waals surface area contributed by atoms with E-state index in [9.17, 15) is 10.1 Å². The highest BCUT2D eigenvalue weighted by molar-refractivity contribution is 7.98. The van der Waals surface area contributed by atoms with Crippen molar-refractivity contribution < 1.29 is 4.79 Å². The molecule has 0 spiro atoms. The van der Waals surface area contributed by atoms with Gasteiger partial charge < -0.3 is 20.7 Å². The van der Waals surface area contributed by atoms with Crippen molar-refractivity contribution in [3.8, 4) is 17.2 Å². The summed E-state index contributed by atoms with van der Waals surface area (Å²) < 4.78 is 5.25. The highest BCUT2D eigenvalue weighted by Crippen LogP contribution is 2.32. The van der Waals surface area contributed by atoms with Gasteiger partial charge in [-0.1, -0.05) is 42.5 Å². The first-order valence-electron chi connectivity index (χ1n) is 12.8. The van der Waals surface area contributed by atoms with Gasteiger partial charge in [-0.25, -0.2) is 14.3 Å². The fourth-order valence-electron chi connectivity index (χ4n) is 4.15. The van der Waals surface area contributed by atoms with Crippen LogP contribution in [0.4, 0.5) is 28.8 Å². The molecule has 0 aliphatic carbocycles. The largest absolute Gasteiger partial charge is 0.368 e. The number of benzene rings is 3. The van der Waals surface area contributed by atoms with E-state index in [-0.39, 0.29) is 11.5 Å². The minimum atomic E-state index is -0.444. The zero-order valence-corrected chi connectivity index (χ0v) is 24.1. The van der Waals surface area contributed by atoms with Crippen LogP contribution in [0.3, 0.4) is 0 Å². The third-order valence-electron chi connectivity index (χ3n) is 6.11. The maximum Gasteiger partial charge on any atom is 0.222 e. The molecule has 208 valence electrons. The molecule has 4 N–H and O–H groups in total. The van der Waals surface area contributed by atoms with E-state index in [0.717, 1.165) is 28.8 Å². The number of aldehydes is 1. The van der Waals surface area contributed by atoms with Crippen molar-refractivity contribution in [2.75, 3.05) is 41.8 Å². The van der Waals surface area contributed by atoms with Gasteiger partial charge in [-0.2, -0.15) is 10.2 Å². The molecule has 0 saturated heterocycles. The molecule has 1 aromatic heterocycles. The van der Waals surface area contributed by atoms with Gasteiger partial charge in [-0.05, 0) is 62.5 Å². The molecule has 11 heteroatoms. The fourth-order valence-corrected chi connectivity index (χ4v) is 4.56. The van der Waals surface area contributed by atoms with Crippen molar-refractivity contribution in [3.05, 3.63) is 90.1 Å². The van der Waals surface area contributed by atoms with Gasteiger partial charge in [0.05, 0.1) is 17.9 Å². The maximum atomic E-state index is 12.5. The minimum Gasteiger partial charge on any atom is -0.368 e. The Morgan fingerprint density at radius 2 is 1.85 bits per heavy atom. The van der Waals surface area contributed by atoms with Gasteiger partial charge >= 0.3 is 0 Å². The molecule has 0 fully saturated rings. The van der Waals surface area contributed by atoms with Gasteiger partial charge in [0.1, 0.15) is 23.3 Å². The molecule has 10 nitrogen and oxygen atoms in total. The lowest BCUT2D eigenvalue weighted by atomic mass is 9.98. The van der Waals surface area contributed by atoms with Crippen molar-refractivity contribution in [1.82, 2.24) is 14.3 Å². The third kappa shape index (κ3) is 7.19.